The number of hydrogen-bond acceptors (Lipinski definition) is 5. The number of halogens is 1. The molecule has 0 amide bonds. The molecule has 1 N–H and O–H groups in total. The molecule has 0 unspecified atom stereocenters. The first-order valence-electron chi connectivity index (χ1n) is 11.5. The maximum atomic E-state index is 13.7. The van der Waals surface area contributed by atoms with E-state index in [9.17, 15) is 9.90 Å². The van der Waals surface area contributed by atoms with Gasteiger partial charge in [0.25, 0.3) is 0 Å². The number of aromatic hydroxyl groups is 1. The number of benzene rings is 3. The van der Waals surface area contributed by atoms with Gasteiger partial charge in [0, 0.05) is 13.0 Å². The monoisotopic (exact) mass is 576 g/mol. The van der Waals surface area contributed by atoms with E-state index in [4.69, 9.17) is 4.98 Å². The maximum Gasteiger partial charge on any atom is 0.329 e. The minimum absolute atomic E-state index is 0.0907. The molecule has 2 aromatic heterocycles. The highest BCUT2D eigenvalue weighted by Gasteiger charge is 2.33. The number of imidazole rings is 2. The summed E-state index contributed by atoms with van der Waals surface area (Å²) in [5.41, 5.74) is 4.24. The molecule has 0 saturated heterocycles. The van der Waals surface area contributed by atoms with Crippen LogP contribution in [0.2, 0.25) is 0 Å². The van der Waals surface area contributed by atoms with Crippen LogP contribution >= 0.6 is 22.6 Å². The maximum absolute atomic E-state index is 13.7. The minimum Gasteiger partial charge on any atom is -0.507 e. The summed E-state index contributed by atoms with van der Waals surface area (Å²) in [4.78, 5) is 18.6. The second kappa shape index (κ2) is 8.33. The second-order valence-electron chi connectivity index (χ2n) is 9.06. The van der Waals surface area contributed by atoms with Crippen LogP contribution in [0.4, 0.5) is 0 Å². The fourth-order valence-electron chi connectivity index (χ4n) is 4.56. The summed E-state index contributed by atoms with van der Waals surface area (Å²) in [6.45, 7) is 3.52. The van der Waals surface area contributed by atoms with Gasteiger partial charge in [0.1, 0.15) is 11.6 Å². The van der Waals surface area contributed by atoms with Crippen molar-refractivity contribution < 1.29 is 5.11 Å². The molecule has 0 fully saturated rings. The van der Waals surface area contributed by atoms with Crippen molar-refractivity contribution in [3.63, 3.8) is 0 Å². The van der Waals surface area contributed by atoms with Gasteiger partial charge in [-0.3, -0.25) is 9.13 Å². The third-order valence-electron chi connectivity index (χ3n) is 6.56. The summed E-state index contributed by atoms with van der Waals surface area (Å²) in [6.07, 6.45) is 0.788. The number of aromatic nitrogens is 4. The average Bonchev–Trinajstić information content (AvgIpc) is 3.41. The van der Waals surface area contributed by atoms with Crippen molar-refractivity contribution in [3.8, 4) is 5.75 Å². The fraction of sp³-hybridized carbons (Fsp3) is 0.231. The molecule has 8 nitrogen and oxygen atoms in total. The first-order chi connectivity index (χ1) is 16.9. The molecular weight excluding hydrogens is 553 g/mol. The van der Waals surface area contributed by atoms with E-state index in [2.05, 4.69) is 43.5 Å². The number of aryl methyl sites for hydroxylation is 1. The van der Waals surface area contributed by atoms with E-state index in [-0.39, 0.29) is 17.1 Å². The lowest BCUT2D eigenvalue weighted by Gasteiger charge is -2.11. The third kappa shape index (κ3) is 4.03. The van der Waals surface area contributed by atoms with E-state index in [1.54, 1.807) is 15.2 Å². The first kappa shape index (κ1) is 22.0. The average molecular weight is 576 g/mol. The van der Waals surface area contributed by atoms with Crippen LogP contribution in [0.15, 0.2) is 81.8 Å². The van der Waals surface area contributed by atoms with Crippen LogP contribution < -0.4 is 5.69 Å². The summed E-state index contributed by atoms with van der Waals surface area (Å²) in [5, 5.41) is 18.2. The Balaban J connectivity index is 1.42. The minimum atomic E-state index is -0.308. The normalized spacial score (nSPS) is 14.2. The Morgan fingerprint density at radius 1 is 0.886 bits per heavy atom. The van der Waals surface area contributed by atoms with Crippen molar-refractivity contribution in [3.05, 3.63) is 92.2 Å². The van der Waals surface area contributed by atoms with Gasteiger partial charge >= 0.3 is 5.69 Å². The number of fused-ring (bicyclic) bond motifs is 2. The van der Waals surface area contributed by atoms with Crippen molar-refractivity contribution in [1.29, 1.82) is 0 Å². The van der Waals surface area contributed by atoms with E-state index in [1.807, 2.05) is 61.5 Å². The molecule has 35 heavy (non-hydrogen) atoms. The molecular formula is C26H23IN6O2. The third-order valence-corrected chi connectivity index (χ3v) is 7.43. The zero-order valence-electron chi connectivity index (χ0n) is 19.1. The number of rotatable bonds is 7. The van der Waals surface area contributed by atoms with Gasteiger partial charge in [-0.05, 0) is 71.5 Å². The predicted molar refractivity (Wildman–Crippen MR) is 143 cm³/mol. The van der Waals surface area contributed by atoms with Gasteiger partial charge in [-0.15, -0.1) is 0 Å². The highest BCUT2D eigenvalue weighted by atomic mass is 125. The van der Waals surface area contributed by atoms with Gasteiger partial charge in [0.2, 0.25) is 0 Å². The Morgan fingerprint density at radius 2 is 1.54 bits per heavy atom. The van der Waals surface area contributed by atoms with Gasteiger partial charge < -0.3 is 9.67 Å². The van der Waals surface area contributed by atoms with Crippen LogP contribution in [-0.4, -0.2) is 29.5 Å². The highest BCUT2D eigenvalue weighted by molar-refractivity contribution is 14.1. The smallest absolute Gasteiger partial charge is 0.329 e. The zero-order chi connectivity index (χ0) is 24.2. The Bertz CT molecular complexity index is 1670. The molecule has 0 aliphatic carbocycles. The van der Waals surface area contributed by atoms with E-state index in [0.29, 0.717) is 13.1 Å². The molecule has 9 heteroatoms. The van der Waals surface area contributed by atoms with E-state index >= 15 is 0 Å². The molecule has 6 rings (SSSR count). The fourth-order valence-corrected chi connectivity index (χ4v) is 5.14. The summed E-state index contributed by atoms with van der Waals surface area (Å²) >= 11 is 2.10. The lowest BCUT2D eigenvalue weighted by atomic mass is 10.2. The van der Waals surface area contributed by atoms with Crippen molar-refractivity contribution in [1.82, 2.24) is 18.7 Å². The molecule has 3 heterocycles. The zero-order valence-corrected chi connectivity index (χ0v) is 21.3. The van der Waals surface area contributed by atoms with Crippen LogP contribution in [-0.2, 0) is 19.6 Å². The van der Waals surface area contributed by atoms with Gasteiger partial charge in [0.15, 0.2) is 5.66 Å². The topological polar surface area (TPSA) is 89.7 Å². The summed E-state index contributed by atoms with van der Waals surface area (Å²) < 4.78 is 6.53. The number of phenolic OH excluding ortho intramolecular Hbond substituents is 1. The van der Waals surface area contributed by atoms with Crippen molar-refractivity contribution >= 4 is 44.7 Å². The Labute approximate surface area is 214 Å². The van der Waals surface area contributed by atoms with E-state index in [1.165, 1.54) is 0 Å². The predicted octanol–water partition coefficient (Wildman–Crippen LogP) is 5.13. The van der Waals surface area contributed by atoms with Gasteiger partial charge in [-0.25, -0.2) is 9.78 Å². The molecule has 1 aliphatic heterocycles. The number of nitrogens with zero attached hydrogens (tertiary/aromatic N) is 6. The summed E-state index contributed by atoms with van der Waals surface area (Å²) in [6, 6.07) is 21.3. The van der Waals surface area contributed by atoms with Gasteiger partial charge in [0.05, 0.1) is 38.7 Å². The van der Waals surface area contributed by atoms with Crippen LogP contribution in [0.1, 0.15) is 24.7 Å². The van der Waals surface area contributed by atoms with Gasteiger partial charge in [-0.2, -0.15) is 10.2 Å². The number of phenols is 1. The Morgan fingerprint density at radius 3 is 2.23 bits per heavy atom. The van der Waals surface area contributed by atoms with Crippen LogP contribution in [0.3, 0.4) is 0 Å². The lowest BCUT2D eigenvalue weighted by Crippen LogP contribution is -2.26. The SMILES string of the molecule is CC1(CCn2c(Cn3c(=O)n(Cc4ccc(O)c([125I])c4)c4ccccc43)nc3ccccc32)N=N1. The largest absolute Gasteiger partial charge is 0.507 e. The number of hydrogen-bond donors (Lipinski definition) is 1. The number of para-hydroxylation sites is 4. The van der Waals surface area contributed by atoms with E-state index in [0.717, 1.165) is 50.0 Å². The summed E-state index contributed by atoms with van der Waals surface area (Å²) in [7, 11) is 0. The molecule has 0 atom stereocenters. The van der Waals surface area contributed by atoms with Crippen LogP contribution in [0, 0.1) is 3.57 Å². The quantitative estimate of drug-likeness (QED) is 0.273. The molecule has 5 aromatic rings. The molecule has 0 saturated carbocycles. The van der Waals surface area contributed by atoms with Crippen molar-refractivity contribution in [2.24, 2.45) is 10.2 Å². The Kier molecular flexibility index (Phi) is 5.24. The molecule has 1 aliphatic rings. The molecule has 0 radical (unpaired) electrons. The van der Waals surface area contributed by atoms with Crippen molar-refractivity contribution in [2.75, 3.05) is 0 Å². The Hall–Kier alpha value is -3.47. The molecule has 0 bridgehead atoms. The van der Waals surface area contributed by atoms with Crippen molar-refractivity contribution in [2.45, 2.75) is 38.6 Å². The lowest BCUT2D eigenvalue weighted by molar-refractivity contribution is 0.471. The van der Waals surface area contributed by atoms with Gasteiger partial charge in [-0.1, -0.05) is 30.3 Å². The molecule has 176 valence electrons. The molecule has 3 aromatic carbocycles. The molecule has 0 spiro atoms. The highest BCUT2D eigenvalue weighted by Crippen LogP contribution is 2.32. The van der Waals surface area contributed by atoms with E-state index < -0.39 is 0 Å². The first-order valence-corrected chi connectivity index (χ1v) is 12.5. The van der Waals surface area contributed by atoms with Crippen LogP contribution in [0.25, 0.3) is 22.1 Å². The standard InChI is InChI=1S/C26H23IN6O2/c1-26(29-30-26)12-13-31-20-7-3-2-6-19(20)28-24(31)16-33-22-9-5-4-8-21(22)32(25(33)35)15-17-10-11-23(34)18(27)14-17/h2-11,14,34H,12-13,15-16H2,1H3/i27-2. The second-order valence-corrected chi connectivity index (χ2v) is 10.2. The summed E-state index contributed by atoms with van der Waals surface area (Å²) in [5.74, 6) is 1.07. The van der Waals surface area contributed by atoms with Crippen LogP contribution in [0.5, 0.6) is 5.75 Å².